The van der Waals surface area contributed by atoms with Crippen LogP contribution in [-0.2, 0) is 11.3 Å². The fraction of sp³-hybridized carbons (Fsp3) is 0.600. The predicted molar refractivity (Wildman–Crippen MR) is 107 cm³/mol. The van der Waals surface area contributed by atoms with Crippen molar-refractivity contribution in [2.45, 2.75) is 53.1 Å². The Morgan fingerprint density at radius 2 is 1.88 bits per heavy atom. The van der Waals surface area contributed by atoms with Gasteiger partial charge in [0.05, 0.1) is 0 Å². The van der Waals surface area contributed by atoms with Crippen LogP contribution < -0.4 is 11.1 Å². The lowest BCUT2D eigenvalue weighted by atomic mass is 9.92. The van der Waals surface area contributed by atoms with Crippen molar-refractivity contribution in [2.24, 2.45) is 17.1 Å². The summed E-state index contributed by atoms with van der Waals surface area (Å²) in [6.07, 6.45) is 2.10. The Bertz CT molecular complexity index is 608. The van der Waals surface area contributed by atoms with Gasteiger partial charge in [-0.3, -0.25) is 9.59 Å². The summed E-state index contributed by atoms with van der Waals surface area (Å²) in [5.74, 6) is 0.461. The van der Waals surface area contributed by atoms with Gasteiger partial charge in [-0.1, -0.05) is 32.9 Å². The molecule has 0 aromatic heterocycles. The first-order valence-corrected chi connectivity index (χ1v) is 9.10. The van der Waals surface area contributed by atoms with Gasteiger partial charge in [0, 0.05) is 36.7 Å². The molecule has 5 nitrogen and oxygen atoms in total. The average molecular weight is 382 g/mol. The number of nitrogens with two attached hydrogens (primary N) is 1. The SMILES string of the molecule is CC(N)C1CCCN(C(=O)c2ccc(CNC(=O)C(C)(C)C)cc2)C1.Cl. The summed E-state index contributed by atoms with van der Waals surface area (Å²) in [6.45, 7) is 9.68. The van der Waals surface area contributed by atoms with Crippen LogP contribution in [0.1, 0.15) is 56.5 Å². The van der Waals surface area contributed by atoms with Crippen molar-refractivity contribution >= 4 is 24.2 Å². The van der Waals surface area contributed by atoms with Crippen molar-refractivity contribution in [3.05, 3.63) is 35.4 Å². The molecule has 0 saturated carbocycles. The fourth-order valence-electron chi connectivity index (χ4n) is 3.02. The number of piperidine rings is 1. The molecule has 1 aliphatic rings. The predicted octanol–water partition coefficient (Wildman–Crippen LogP) is 2.97. The zero-order chi connectivity index (χ0) is 18.6. The zero-order valence-electron chi connectivity index (χ0n) is 16.2. The second kappa shape index (κ2) is 9.38. The van der Waals surface area contributed by atoms with Gasteiger partial charge in [0.25, 0.3) is 5.91 Å². The molecule has 146 valence electrons. The maximum absolute atomic E-state index is 12.7. The van der Waals surface area contributed by atoms with Gasteiger partial charge in [-0.15, -0.1) is 12.4 Å². The number of nitrogens with one attached hydrogen (secondary N) is 1. The van der Waals surface area contributed by atoms with Crippen LogP contribution in [0.15, 0.2) is 24.3 Å². The molecule has 0 aliphatic carbocycles. The molecule has 2 amide bonds. The third-order valence-electron chi connectivity index (χ3n) is 4.82. The fourth-order valence-corrected chi connectivity index (χ4v) is 3.02. The van der Waals surface area contributed by atoms with Crippen molar-refractivity contribution in [3.8, 4) is 0 Å². The minimum atomic E-state index is -0.402. The molecule has 26 heavy (non-hydrogen) atoms. The van der Waals surface area contributed by atoms with Gasteiger partial charge in [-0.25, -0.2) is 0 Å². The number of likely N-dealkylation sites (tertiary alicyclic amines) is 1. The summed E-state index contributed by atoms with van der Waals surface area (Å²) in [6, 6.07) is 7.61. The van der Waals surface area contributed by atoms with Crippen molar-refractivity contribution < 1.29 is 9.59 Å². The molecule has 2 unspecified atom stereocenters. The molecule has 1 aliphatic heterocycles. The summed E-state index contributed by atoms with van der Waals surface area (Å²) < 4.78 is 0. The lowest BCUT2D eigenvalue weighted by Crippen LogP contribution is -2.45. The maximum Gasteiger partial charge on any atom is 0.253 e. The second-order valence-electron chi connectivity index (χ2n) is 8.14. The van der Waals surface area contributed by atoms with Crippen molar-refractivity contribution in [1.29, 1.82) is 0 Å². The molecule has 0 radical (unpaired) electrons. The first-order chi connectivity index (χ1) is 11.7. The third-order valence-corrected chi connectivity index (χ3v) is 4.82. The van der Waals surface area contributed by atoms with E-state index in [0.717, 1.165) is 31.5 Å². The number of benzene rings is 1. The monoisotopic (exact) mass is 381 g/mol. The number of amides is 2. The molecule has 1 heterocycles. The normalized spacial score (nSPS) is 18.7. The minimum absolute atomic E-state index is 0. The topological polar surface area (TPSA) is 75.4 Å². The van der Waals surface area contributed by atoms with Gasteiger partial charge < -0.3 is 16.0 Å². The highest BCUT2D eigenvalue weighted by atomic mass is 35.5. The van der Waals surface area contributed by atoms with Crippen LogP contribution in [-0.4, -0.2) is 35.8 Å². The molecule has 3 N–H and O–H groups in total. The van der Waals surface area contributed by atoms with Gasteiger partial charge in [0.2, 0.25) is 5.91 Å². The number of hydrogen-bond donors (Lipinski definition) is 2. The number of rotatable bonds is 4. The van der Waals surface area contributed by atoms with Gasteiger partial charge in [-0.2, -0.15) is 0 Å². The summed E-state index contributed by atoms with van der Waals surface area (Å²) in [4.78, 5) is 26.5. The van der Waals surface area contributed by atoms with Crippen molar-refractivity contribution in [2.75, 3.05) is 13.1 Å². The van der Waals surface area contributed by atoms with Crippen LogP contribution in [0.3, 0.4) is 0 Å². The number of nitrogens with zero attached hydrogens (tertiary/aromatic N) is 1. The van der Waals surface area contributed by atoms with E-state index in [1.54, 1.807) is 0 Å². The molecule has 1 fully saturated rings. The number of halogens is 1. The average Bonchev–Trinajstić information content (AvgIpc) is 2.58. The summed E-state index contributed by atoms with van der Waals surface area (Å²) >= 11 is 0. The molecule has 1 aromatic rings. The molecule has 0 bridgehead atoms. The summed E-state index contributed by atoms with van der Waals surface area (Å²) in [5, 5.41) is 2.92. The Labute approximate surface area is 163 Å². The van der Waals surface area contributed by atoms with E-state index >= 15 is 0 Å². The number of carbonyl (C=O) groups is 2. The van der Waals surface area contributed by atoms with E-state index < -0.39 is 5.41 Å². The highest BCUT2D eigenvalue weighted by Gasteiger charge is 2.26. The first-order valence-electron chi connectivity index (χ1n) is 9.10. The molecule has 2 atom stereocenters. The second-order valence-corrected chi connectivity index (χ2v) is 8.14. The van der Waals surface area contributed by atoms with E-state index in [0.29, 0.717) is 18.0 Å². The van der Waals surface area contributed by atoms with Crippen LogP contribution in [0.2, 0.25) is 0 Å². The minimum Gasteiger partial charge on any atom is -0.352 e. The molecule has 1 aromatic carbocycles. The molecule has 1 saturated heterocycles. The van der Waals surface area contributed by atoms with Crippen molar-refractivity contribution in [1.82, 2.24) is 10.2 Å². The van der Waals surface area contributed by atoms with Gasteiger partial charge >= 0.3 is 0 Å². The number of carbonyl (C=O) groups excluding carboxylic acids is 2. The van der Waals surface area contributed by atoms with Gasteiger partial charge in [-0.05, 0) is 43.4 Å². The Morgan fingerprint density at radius 1 is 1.27 bits per heavy atom. The molecule has 6 heteroatoms. The Balaban J connectivity index is 0.00000338. The van der Waals surface area contributed by atoms with Crippen LogP contribution in [0, 0.1) is 11.3 Å². The Kier molecular flexibility index (Phi) is 8.10. The molecule has 2 rings (SSSR count). The number of hydrogen-bond acceptors (Lipinski definition) is 3. The van der Waals surface area contributed by atoms with Crippen LogP contribution in [0.5, 0.6) is 0 Å². The van der Waals surface area contributed by atoms with Gasteiger partial charge in [0.1, 0.15) is 0 Å². The summed E-state index contributed by atoms with van der Waals surface area (Å²) in [5.41, 5.74) is 7.28. The van der Waals surface area contributed by atoms with E-state index in [9.17, 15) is 9.59 Å². The molecular formula is C20H32ClN3O2. The van der Waals surface area contributed by atoms with E-state index in [1.165, 1.54) is 0 Å². The lowest BCUT2D eigenvalue weighted by molar-refractivity contribution is -0.128. The maximum atomic E-state index is 12.7. The Morgan fingerprint density at radius 3 is 2.42 bits per heavy atom. The van der Waals surface area contributed by atoms with Crippen LogP contribution >= 0.6 is 12.4 Å². The van der Waals surface area contributed by atoms with E-state index in [2.05, 4.69) is 5.32 Å². The van der Waals surface area contributed by atoms with Crippen LogP contribution in [0.25, 0.3) is 0 Å². The molecule has 0 spiro atoms. The van der Waals surface area contributed by atoms with E-state index in [-0.39, 0.29) is 30.3 Å². The standard InChI is InChI=1S/C20H31N3O2.ClH/c1-14(21)17-6-5-11-23(13-17)18(24)16-9-7-15(8-10-16)12-22-19(25)20(2,3)4;/h7-10,14,17H,5-6,11-13,21H2,1-4H3,(H,22,25);1H. The Hall–Kier alpha value is -1.59. The first kappa shape index (κ1) is 22.5. The van der Waals surface area contributed by atoms with Crippen molar-refractivity contribution in [3.63, 3.8) is 0 Å². The van der Waals surface area contributed by atoms with Gasteiger partial charge in [0.15, 0.2) is 0 Å². The highest BCUT2D eigenvalue weighted by molar-refractivity contribution is 5.94. The summed E-state index contributed by atoms with van der Waals surface area (Å²) in [7, 11) is 0. The molecular weight excluding hydrogens is 350 g/mol. The quantitative estimate of drug-likeness (QED) is 0.841. The lowest BCUT2D eigenvalue weighted by Gasteiger charge is -2.34. The van der Waals surface area contributed by atoms with Crippen LogP contribution in [0.4, 0.5) is 0 Å². The van der Waals surface area contributed by atoms with E-state index in [1.807, 2.05) is 56.9 Å². The highest BCUT2D eigenvalue weighted by Crippen LogP contribution is 2.21. The van der Waals surface area contributed by atoms with E-state index in [4.69, 9.17) is 5.73 Å². The largest absolute Gasteiger partial charge is 0.352 e. The third kappa shape index (κ3) is 5.99. The zero-order valence-corrected chi connectivity index (χ0v) is 17.1. The smallest absolute Gasteiger partial charge is 0.253 e.